The molecule has 1 aliphatic rings. The van der Waals surface area contributed by atoms with Gasteiger partial charge in [-0.2, -0.15) is 0 Å². The number of aromatic hydroxyl groups is 1. The Hall–Kier alpha value is -1.51. The molecule has 0 unspecified atom stereocenters. The summed E-state index contributed by atoms with van der Waals surface area (Å²) in [4.78, 5) is 4.24. The zero-order valence-electron chi connectivity index (χ0n) is 8.16. The summed E-state index contributed by atoms with van der Waals surface area (Å²) in [5.74, 6) is 0.800. The third kappa shape index (κ3) is 1.71. The van der Waals surface area contributed by atoms with E-state index in [-0.39, 0.29) is 5.75 Å². The van der Waals surface area contributed by atoms with Crippen molar-refractivity contribution in [3.05, 3.63) is 29.3 Å². The van der Waals surface area contributed by atoms with Crippen LogP contribution in [-0.2, 0) is 4.74 Å². The van der Waals surface area contributed by atoms with Crippen molar-refractivity contribution in [2.75, 3.05) is 13.2 Å². The van der Waals surface area contributed by atoms with Crippen molar-refractivity contribution in [1.29, 1.82) is 0 Å². The molecule has 1 heterocycles. The van der Waals surface area contributed by atoms with Crippen LogP contribution in [0.5, 0.6) is 5.75 Å². The van der Waals surface area contributed by atoms with Gasteiger partial charge in [0.25, 0.3) is 0 Å². The van der Waals surface area contributed by atoms with Gasteiger partial charge in [-0.05, 0) is 19.1 Å². The minimum atomic E-state index is 0.233. The van der Waals surface area contributed by atoms with E-state index in [0.717, 1.165) is 18.5 Å². The first-order valence-electron chi connectivity index (χ1n) is 4.74. The van der Waals surface area contributed by atoms with Gasteiger partial charge in [-0.15, -0.1) is 0 Å². The maximum Gasteiger partial charge on any atom is 0.219 e. The normalized spacial score (nSPS) is 15.9. The van der Waals surface area contributed by atoms with Crippen LogP contribution in [0.2, 0.25) is 0 Å². The van der Waals surface area contributed by atoms with Crippen molar-refractivity contribution in [3.63, 3.8) is 0 Å². The molecular weight excluding hydrogens is 178 g/mol. The first-order valence-corrected chi connectivity index (χ1v) is 4.74. The minimum absolute atomic E-state index is 0.233. The van der Waals surface area contributed by atoms with Crippen molar-refractivity contribution in [2.24, 2.45) is 4.99 Å². The second kappa shape index (κ2) is 3.70. The summed E-state index contributed by atoms with van der Waals surface area (Å²) in [7, 11) is 0. The van der Waals surface area contributed by atoms with Gasteiger partial charge in [0.05, 0.1) is 12.2 Å². The van der Waals surface area contributed by atoms with E-state index in [1.165, 1.54) is 0 Å². The molecule has 0 spiro atoms. The lowest BCUT2D eigenvalue weighted by molar-refractivity contribution is 0.283. The zero-order valence-corrected chi connectivity index (χ0v) is 8.16. The predicted molar refractivity (Wildman–Crippen MR) is 54.8 cm³/mol. The largest absolute Gasteiger partial charge is 0.507 e. The molecule has 0 bridgehead atoms. The minimum Gasteiger partial charge on any atom is -0.507 e. The Balaban J connectivity index is 2.39. The predicted octanol–water partition coefficient (Wildman–Crippen LogP) is 1.87. The molecule has 14 heavy (non-hydrogen) atoms. The average Bonchev–Trinajstić information content (AvgIpc) is 2.23. The Labute approximate surface area is 83.1 Å². The van der Waals surface area contributed by atoms with Gasteiger partial charge in [0, 0.05) is 13.0 Å². The first kappa shape index (κ1) is 9.06. The van der Waals surface area contributed by atoms with Crippen LogP contribution >= 0.6 is 0 Å². The second-order valence-electron chi connectivity index (χ2n) is 3.41. The fraction of sp³-hybridized carbons (Fsp3) is 0.364. The fourth-order valence-electron chi connectivity index (χ4n) is 1.44. The standard InChI is InChI=1S/C11H13NO2/c1-8-3-4-10(13)9(7-8)11-12-5-2-6-14-11/h3-4,7,13H,2,5-6H2,1H3. The molecule has 3 nitrogen and oxygen atoms in total. The number of ether oxygens (including phenoxy) is 1. The summed E-state index contributed by atoms with van der Waals surface area (Å²) in [6.07, 6.45) is 0.954. The number of benzene rings is 1. The number of aryl methyl sites for hydroxylation is 1. The van der Waals surface area contributed by atoms with E-state index in [1.807, 2.05) is 19.1 Å². The zero-order chi connectivity index (χ0) is 9.97. The summed E-state index contributed by atoms with van der Waals surface area (Å²) < 4.78 is 5.39. The summed E-state index contributed by atoms with van der Waals surface area (Å²) in [6, 6.07) is 5.42. The van der Waals surface area contributed by atoms with Crippen LogP contribution in [0.25, 0.3) is 0 Å². The second-order valence-corrected chi connectivity index (χ2v) is 3.41. The molecule has 74 valence electrons. The van der Waals surface area contributed by atoms with E-state index in [9.17, 15) is 5.11 Å². The lowest BCUT2D eigenvalue weighted by Gasteiger charge is -2.14. The Morgan fingerprint density at radius 3 is 3.00 bits per heavy atom. The smallest absolute Gasteiger partial charge is 0.219 e. The van der Waals surface area contributed by atoms with Crippen LogP contribution < -0.4 is 0 Å². The van der Waals surface area contributed by atoms with E-state index < -0.39 is 0 Å². The maximum absolute atomic E-state index is 9.63. The van der Waals surface area contributed by atoms with Crippen molar-refractivity contribution in [3.8, 4) is 5.75 Å². The van der Waals surface area contributed by atoms with E-state index in [2.05, 4.69) is 4.99 Å². The van der Waals surface area contributed by atoms with Crippen molar-refractivity contribution >= 4 is 5.90 Å². The van der Waals surface area contributed by atoms with Gasteiger partial charge in [-0.25, -0.2) is 0 Å². The molecule has 0 saturated carbocycles. The fourth-order valence-corrected chi connectivity index (χ4v) is 1.44. The molecule has 0 radical (unpaired) electrons. The van der Waals surface area contributed by atoms with Gasteiger partial charge in [0.1, 0.15) is 5.75 Å². The SMILES string of the molecule is Cc1ccc(O)c(C2=NCCCO2)c1. The number of nitrogens with zero attached hydrogens (tertiary/aromatic N) is 1. The number of phenolic OH excluding ortho intramolecular Hbond substituents is 1. The molecule has 0 amide bonds. The van der Waals surface area contributed by atoms with Crippen LogP contribution in [0, 0.1) is 6.92 Å². The molecule has 1 N–H and O–H groups in total. The summed E-state index contributed by atoms with van der Waals surface area (Å²) >= 11 is 0. The van der Waals surface area contributed by atoms with E-state index >= 15 is 0 Å². The monoisotopic (exact) mass is 191 g/mol. The maximum atomic E-state index is 9.63. The number of hydrogen-bond acceptors (Lipinski definition) is 3. The highest BCUT2D eigenvalue weighted by Crippen LogP contribution is 2.20. The molecule has 1 aromatic carbocycles. The van der Waals surface area contributed by atoms with Gasteiger partial charge >= 0.3 is 0 Å². The Morgan fingerprint density at radius 1 is 1.43 bits per heavy atom. The molecule has 0 saturated heterocycles. The molecule has 0 atom stereocenters. The van der Waals surface area contributed by atoms with Gasteiger partial charge in [-0.1, -0.05) is 11.6 Å². The molecule has 3 heteroatoms. The Bertz CT molecular complexity index is 372. The van der Waals surface area contributed by atoms with Gasteiger partial charge in [-0.3, -0.25) is 4.99 Å². The van der Waals surface area contributed by atoms with Crippen LogP contribution in [0.4, 0.5) is 0 Å². The number of aliphatic imine (C=N–C) groups is 1. The Kier molecular flexibility index (Phi) is 2.39. The quantitative estimate of drug-likeness (QED) is 0.736. The highest BCUT2D eigenvalue weighted by molar-refractivity contribution is 5.97. The van der Waals surface area contributed by atoms with Crippen LogP contribution in [-0.4, -0.2) is 24.2 Å². The van der Waals surface area contributed by atoms with Crippen LogP contribution in [0.3, 0.4) is 0 Å². The van der Waals surface area contributed by atoms with Crippen molar-refractivity contribution in [2.45, 2.75) is 13.3 Å². The van der Waals surface area contributed by atoms with Gasteiger partial charge in [0.15, 0.2) is 0 Å². The van der Waals surface area contributed by atoms with Gasteiger partial charge < -0.3 is 9.84 Å². The van der Waals surface area contributed by atoms with Gasteiger partial charge in [0.2, 0.25) is 5.90 Å². The highest BCUT2D eigenvalue weighted by Gasteiger charge is 2.13. The third-order valence-electron chi connectivity index (χ3n) is 2.18. The summed E-state index contributed by atoms with van der Waals surface area (Å²) in [5, 5.41) is 9.63. The van der Waals surface area contributed by atoms with Crippen molar-refractivity contribution in [1.82, 2.24) is 0 Å². The molecule has 1 aromatic rings. The molecular formula is C11H13NO2. The van der Waals surface area contributed by atoms with Crippen LogP contribution in [0.15, 0.2) is 23.2 Å². The average molecular weight is 191 g/mol. The summed E-state index contributed by atoms with van der Waals surface area (Å²) in [5.41, 5.74) is 1.79. The third-order valence-corrected chi connectivity index (χ3v) is 2.18. The number of phenols is 1. The van der Waals surface area contributed by atoms with Crippen molar-refractivity contribution < 1.29 is 9.84 Å². The molecule has 0 aromatic heterocycles. The van der Waals surface area contributed by atoms with E-state index in [4.69, 9.17) is 4.74 Å². The molecule has 1 aliphatic heterocycles. The number of hydrogen-bond donors (Lipinski definition) is 1. The first-order chi connectivity index (χ1) is 6.77. The lowest BCUT2D eigenvalue weighted by Crippen LogP contribution is -2.14. The van der Waals surface area contributed by atoms with Crippen LogP contribution in [0.1, 0.15) is 17.5 Å². The van der Waals surface area contributed by atoms with E-state index in [0.29, 0.717) is 18.1 Å². The molecule has 0 aliphatic carbocycles. The topological polar surface area (TPSA) is 41.8 Å². The molecule has 0 fully saturated rings. The highest BCUT2D eigenvalue weighted by atomic mass is 16.5. The number of rotatable bonds is 1. The summed E-state index contributed by atoms with van der Waals surface area (Å²) in [6.45, 7) is 3.45. The van der Waals surface area contributed by atoms with E-state index in [1.54, 1.807) is 6.07 Å². The lowest BCUT2D eigenvalue weighted by atomic mass is 10.1. The molecule has 2 rings (SSSR count). The Morgan fingerprint density at radius 2 is 2.29 bits per heavy atom.